The molecule has 0 aliphatic carbocycles. The number of phenols is 1. The SMILES string of the molecule is C=C(C)c1ccc(O)cc1C. The first-order valence-electron chi connectivity index (χ1n) is 3.57. The van der Waals surface area contributed by atoms with Crippen LogP contribution < -0.4 is 0 Å². The molecule has 0 heterocycles. The van der Waals surface area contributed by atoms with Gasteiger partial charge in [-0.05, 0) is 37.1 Å². The van der Waals surface area contributed by atoms with E-state index in [4.69, 9.17) is 5.11 Å². The van der Waals surface area contributed by atoms with Crippen LogP contribution in [0.5, 0.6) is 5.75 Å². The zero-order valence-corrected chi connectivity index (χ0v) is 6.89. The number of hydrogen-bond acceptors (Lipinski definition) is 1. The molecule has 0 saturated heterocycles. The molecule has 0 spiro atoms. The number of aromatic hydroxyl groups is 1. The van der Waals surface area contributed by atoms with Crippen molar-refractivity contribution in [1.82, 2.24) is 0 Å². The van der Waals surface area contributed by atoms with Gasteiger partial charge in [0.15, 0.2) is 0 Å². The monoisotopic (exact) mass is 148 g/mol. The van der Waals surface area contributed by atoms with Crippen LogP contribution in [0.2, 0.25) is 0 Å². The third-order valence-corrected chi connectivity index (χ3v) is 1.67. The molecule has 0 bridgehead atoms. The van der Waals surface area contributed by atoms with Crippen molar-refractivity contribution in [1.29, 1.82) is 0 Å². The molecule has 0 aliphatic heterocycles. The van der Waals surface area contributed by atoms with E-state index in [-0.39, 0.29) is 0 Å². The number of allylic oxidation sites excluding steroid dienone is 1. The molecule has 11 heavy (non-hydrogen) atoms. The topological polar surface area (TPSA) is 20.2 Å². The lowest BCUT2D eigenvalue weighted by molar-refractivity contribution is 0.475. The van der Waals surface area contributed by atoms with Crippen LogP contribution in [0.4, 0.5) is 0 Å². The van der Waals surface area contributed by atoms with Crippen LogP contribution in [-0.4, -0.2) is 5.11 Å². The predicted octanol–water partition coefficient (Wildman–Crippen LogP) is 2.73. The maximum atomic E-state index is 9.09. The summed E-state index contributed by atoms with van der Waals surface area (Å²) in [6, 6.07) is 5.30. The first-order valence-corrected chi connectivity index (χ1v) is 3.57. The molecule has 1 rings (SSSR count). The summed E-state index contributed by atoms with van der Waals surface area (Å²) in [6.07, 6.45) is 0. The van der Waals surface area contributed by atoms with Crippen LogP contribution in [0.15, 0.2) is 24.8 Å². The lowest BCUT2D eigenvalue weighted by Gasteiger charge is -2.04. The minimum absolute atomic E-state index is 0.313. The summed E-state index contributed by atoms with van der Waals surface area (Å²) in [5.74, 6) is 0.313. The van der Waals surface area contributed by atoms with Crippen molar-refractivity contribution in [3.63, 3.8) is 0 Å². The highest BCUT2D eigenvalue weighted by Gasteiger charge is 1.98. The van der Waals surface area contributed by atoms with E-state index in [9.17, 15) is 0 Å². The molecule has 0 aliphatic rings. The lowest BCUT2D eigenvalue weighted by atomic mass is 10.0. The van der Waals surface area contributed by atoms with Gasteiger partial charge in [0, 0.05) is 0 Å². The van der Waals surface area contributed by atoms with E-state index in [0.29, 0.717) is 5.75 Å². The van der Waals surface area contributed by atoms with Crippen molar-refractivity contribution in [3.05, 3.63) is 35.9 Å². The van der Waals surface area contributed by atoms with Gasteiger partial charge in [-0.15, -0.1) is 0 Å². The van der Waals surface area contributed by atoms with Crippen molar-refractivity contribution in [2.24, 2.45) is 0 Å². The smallest absolute Gasteiger partial charge is 0.115 e. The normalized spacial score (nSPS) is 9.64. The Hall–Kier alpha value is -1.24. The fourth-order valence-electron chi connectivity index (χ4n) is 1.13. The molecular formula is C10H12O. The van der Waals surface area contributed by atoms with Gasteiger partial charge in [0.05, 0.1) is 0 Å². The van der Waals surface area contributed by atoms with Gasteiger partial charge in [0.1, 0.15) is 5.75 Å². The number of benzene rings is 1. The Morgan fingerprint density at radius 3 is 2.55 bits per heavy atom. The van der Waals surface area contributed by atoms with Crippen molar-refractivity contribution in [3.8, 4) is 5.75 Å². The van der Waals surface area contributed by atoms with E-state index in [0.717, 1.165) is 16.7 Å². The summed E-state index contributed by atoms with van der Waals surface area (Å²) in [5.41, 5.74) is 3.21. The first kappa shape index (κ1) is 7.86. The third kappa shape index (κ3) is 1.61. The number of rotatable bonds is 1. The van der Waals surface area contributed by atoms with E-state index >= 15 is 0 Å². The fraction of sp³-hybridized carbons (Fsp3) is 0.200. The molecule has 58 valence electrons. The summed E-state index contributed by atoms with van der Waals surface area (Å²) < 4.78 is 0. The third-order valence-electron chi connectivity index (χ3n) is 1.67. The van der Waals surface area contributed by atoms with Crippen LogP contribution in [0.3, 0.4) is 0 Å². The van der Waals surface area contributed by atoms with Gasteiger partial charge < -0.3 is 5.11 Å². The molecule has 1 aromatic rings. The second-order valence-electron chi connectivity index (χ2n) is 2.78. The molecular weight excluding hydrogens is 136 g/mol. The second-order valence-corrected chi connectivity index (χ2v) is 2.78. The standard InChI is InChI=1S/C10H12O/c1-7(2)10-5-4-9(11)6-8(10)3/h4-6,11H,1H2,2-3H3. The average molecular weight is 148 g/mol. The van der Waals surface area contributed by atoms with Gasteiger partial charge >= 0.3 is 0 Å². The summed E-state index contributed by atoms with van der Waals surface area (Å²) in [5, 5.41) is 9.09. The predicted molar refractivity (Wildman–Crippen MR) is 47.6 cm³/mol. The molecule has 1 nitrogen and oxygen atoms in total. The van der Waals surface area contributed by atoms with E-state index in [1.54, 1.807) is 12.1 Å². The number of phenolic OH excluding ortho intramolecular Hbond substituents is 1. The minimum Gasteiger partial charge on any atom is -0.508 e. The Morgan fingerprint density at radius 1 is 1.45 bits per heavy atom. The Bertz CT molecular complexity index is 287. The van der Waals surface area contributed by atoms with Crippen LogP contribution in [-0.2, 0) is 0 Å². The van der Waals surface area contributed by atoms with E-state index in [2.05, 4.69) is 6.58 Å². The highest BCUT2D eigenvalue weighted by molar-refractivity contribution is 5.65. The number of aryl methyl sites for hydroxylation is 1. The zero-order valence-electron chi connectivity index (χ0n) is 6.89. The van der Waals surface area contributed by atoms with Crippen LogP contribution in [0.25, 0.3) is 5.57 Å². The van der Waals surface area contributed by atoms with Crippen LogP contribution >= 0.6 is 0 Å². The van der Waals surface area contributed by atoms with Gasteiger partial charge in [-0.25, -0.2) is 0 Å². The van der Waals surface area contributed by atoms with Crippen molar-refractivity contribution in [2.75, 3.05) is 0 Å². The highest BCUT2D eigenvalue weighted by atomic mass is 16.3. The molecule has 0 saturated carbocycles. The molecule has 1 N–H and O–H groups in total. The fourth-order valence-corrected chi connectivity index (χ4v) is 1.13. The minimum atomic E-state index is 0.313. The average Bonchev–Trinajstić information content (AvgIpc) is 1.85. The van der Waals surface area contributed by atoms with Crippen molar-refractivity contribution < 1.29 is 5.11 Å². The Balaban J connectivity index is 3.20. The zero-order chi connectivity index (χ0) is 8.43. The molecule has 0 amide bonds. The maximum Gasteiger partial charge on any atom is 0.115 e. The molecule has 1 heteroatoms. The molecule has 0 radical (unpaired) electrons. The number of hydrogen-bond donors (Lipinski definition) is 1. The Kier molecular flexibility index (Phi) is 1.99. The van der Waals surface area contributed by atoms with Gasteiger partial charge in [0.2, 0.25) is 0 Å². The first-order chi connectivity index (χ1) is 5.11. The van der Waals surface area contributed by atoms with Crippen LogP contribution in [0, 0.1) is 6.92 Å². The van der Waals surface area contributed by atoms with Gasteiger partial charge in [0.25, 0.3) is 0 Å². The van der Waals surface area contributed by atoms with Gasteiger partial charge in [-0.3, -0.25) is 0 Å². The quantitative estimate of drug-likeness (QED) is 0.649. The lowest BCUT2D eigenvalue weighted by Crippen LogP contribution is -1.82. The summed E-state index contributed by atoms with van der Waals surface area (Å²) in [7, 11) is 0. The Morgan fingerprint density at radius 2 is 2.09 bits per heavy atom. The highest BCUT2D eigenvalue weighted by Crippen LogP contribution is 2.20. The van der Waals surface area contributed by atoms with E-state index < -0.39 is 0 Å². The molecule has 1 aromatic carbocycles. The molecule has 0 atom stereocenters. The summed E-state index contributed by atoms with van der Waals surface area (Å²) >= 11 is 0. The van der Waals surface area contributed by atoms with Gasteiger partial charge in [-0.1, -0.05) is 18.2 Å². The largest absolute Gasteiger partial charge is 0.508 e. The Labute approximate surface area is 67.0 Å². The summed E-state index contributed by atoms with van der Waals surface area (Å²) in [6.45, 7) is 7.75. The van der Waals surface area contributed by atoms with E-state index in [1.165, 1.54) is 0 Å². The van der Waals surface area contributed by atoms with Crippen LogP contribution in [0.1, 0.15) is 18.1 Å². The van der Waals surface area contributed by atoms with Crippen molar-refractivity contribution >= 4 is 5.57 Å². The molecule has 0 unspecified atom stereocenters. The van der Waals surface area contributed by atoms with E-state index in [1.807, 2.05) is 19.9 Å². The summed E-state index contributed by atoms with van der Waals surface area (Å²) in [4.78, 5) is 0. The molecule has 0 aromatic heterocycles. The van der Waals surface area contributed by atoms with Crippen molar-refractivity contribution in [2.45, 2.75) is 13.8 Å². The van der Waals surface area contributed by atoms with Gasteiger partial charge in [-0.2, -0.15) is 0 Å². The maximum absolute atomic E-state index is 9.09. The molecule has 0 fully saturated rings. The second kappa shape index (κ2) is 2.79.